The predicted molar refractivity (Wildman–Crippen MR) is 81.1 cm³/mol. The summed E-state index contributed by atoms with van der Waals surface area (Å²) >= 11 is 6.06. The number of hydrogen-bond donors (Lipinski definition) is 1. The summed E-state index contributed by atoms with van der Waals surface area (Å²) < 4.78 is 31.6. The van der Waals surface area contributed by atoms with E-state index in [9.17, 15) is 8.78 Å². The van der Waals surface area contributed by atoms with Crippen LogP contribution in [0.3, 0.4) is 0 Å². The molecule has 0 aromatic heterocycles. The minimum atomic E-state index is -0.861. The molecule has 21 heavy (non-hydrogen) atoms. The number of nitrogens with one attached hydrogen (secondary N) is 1. The van der Waals surface area contributed by atoms with Crippen LogP contribution in [0.4, 0.5) is 14.5 Å². The van der Waals surface area contributed by atoms with Gasteiger partial charge in [0, 0.05) is 17.1 Å². The molecule has 0 amide bonds. The summed E-state index contributed by atoms with van der Waals surface area (Å²) in [4.78, 5) is 0. The molecule has 2 nitrogen and oxygen atoms in total. The highest BCUT2D eigenvalue weighted by atomic mass is 35.5. The van der Waals surface area contributed by atoms with E-state index in [-0.39, 0.29) is 6.04 Å². The van der Waals surface area contributed by atoms with Crippen LogP contribution in [0.5, 0.6) is 5.75 Å². The van der Waals surface area contributed by atoms with E-state index in [1.807, 2.05) is 19.9 Å². The molecule has 0 aliphatic rings. The zero-order valence-electron chi connectivity index (χ0n) is 12.0. The lowest BCUT2D eigenvalue weighted by Gasteiger charge is -2.19. The van der Waals surface area contributed by atoms with E-state index in [1.54, 1.807) is 19.2 Å². The van der Waals surface area contributed by atoms with Crippen molar-refractivity contribution in [2.75, 3.05) is 12.4 Å². The summed E-state index contributed by atoms with van der Waals surface area (Å²) in [5.41, 5.74) is 2.29. The number of ether oxygens (including phenoxy) is 1. The first-order chi connectivity index (χ1) is 9.92. The fraction of sp³-hybridized carbons (Fsp3) is 0.250. The second-order valence-electron chi connectivity index (χ2n) is 4.84. The fourth-order valence-electron chi connectivity index (χ4n) is 2.04. The minimum Gasteiger partial charge on any atom is -0.495 e. The van der Waals surface area contributed by atoms with Gasteiger partial charge in [-0.25, -0.2) is 8.78 Å². The quantitative estimate of drug-likeness (QED) is 0.847. The van der Waals surface area contributed by atoms with Crippen LogP contribution in [-0.2, 0) is 0 Å². The summed E-state index contributed by atoms with van der Waals surface area (Å²) in [7, 11) is 1.55. The minimum absolute atomic E-state index is 0.213. The lowest BCUT2D eigenvalue weighted by molar-refractivity contribution is 0.416. The Bertz CT molecular complexity index is 661. The van der Waals surface area contributed by atoms with E-state index in [0.717, 1.165) is 17.3 Å². The molecule has 5 heteroatoms. The highest BCUT2D eigenvalue weighted by molar-refractivity contribution is 6.31. The van der Waals surface area contributed by atoms with Crippen molar-refractivity contribution in [2.24, 2.45) is 0 Å². The molecule has 2 rings (SSSR count). The first-order valence-electron chi connectivity index (χ1n) is 6.48. The number of aryl methyl sites for hydroxylation is 1. The van der Waals surface area contributed by atoms with E-state index in [4.69, 9.17) is 16.3 Å². The number of hydrogen-bond acceptors (Lipinski definition) is 2. The van der Waals surface area contributed by atoms with Crippen molar-refractivity contribution in [1.82, 2.24) is 0 Å². The van der Waals surface area contributed by atoms with Gasteiger partial charge in [0.1, 0.15) is 5.75 Å². The molecule has 0 bridgehead atoms. The van der Waals surface area contributed by atoms with E-state index in [2.05, 4.69) is 5.32 Å². The Labute approximate surface area is 127 Å². The number of halogens is 3. The lowest BCUT2D eigenvalue weighted by Crippen LogP contribution is -2.08. The molecule has 1 N–H and O–H groups in total. The molecule has 0 heterocycles. The monoisotopic (exact) mass is 311 g/mol. The molecule has 1 atom stereocenters. The molecule has 0 radical (unpaired) electrons. The normalized spacial score (nSPS) is 12.1. The SMILES string of the molecule is COc1cc(Cl)c(C)cc1NC(C)c1ccc(F)c(F)c1. The average molecular weight is 312 g/mol. The second-order valence-corrected chi connectivity index (χ2v) is 5.25. The summed E-state index contributed by atoms with van der Waals surface area (Å²) in [5.74, 6) is -1.12. The summed E-state index contributed by atoms with van der Waals surface area (Å²) in [6.07, 6.45) is 0. The third kappa shape index (κ3) is 3.45. The van der Waals surface area contributed by atoms with Crippen molar-refractivity contribution in [1.29, 1.82) is 0 Å². The van der Waals surface area contributed by atoms with Gasteiger partial charge in [0.25, 0.3) is 0 Å². The summed E-state index contributed by atoms with van der Waals surface area (Å²) in [6.45, 7) is 3.74. The van der Waals surface area contributed by atoms with Gasteiger partial charge in [-0.05, 0) is 43.2 Å². The van der Waals surface area contributed by atoms with E-state index in [0.29, 0.717) is 16.3 Å². The van der Waals surface area contributed by atoms with Gasteiger partial charge < -0.3 is 10.1 Å². The Hall–Kier alpha value is -1.81. The van der Waals surface area contributed by atoms with Crippen LogP contribution in [0.15, 0.2) is 30.3 Å². The predicted octanol–water partition coefficient (Wildman–Crippen LogP) is 5.11. The molecule has 0 aliphatic carbocycles. The van der Waals surface area contributed by atoms with Crippen molar-refractivity contribution in [2.45, 2.75) is 19.9 Å². The molecule has 2 aromatic rings. The molecule has 2 aromatic carbocycles. The molecule has 0 spiro atoms. The van der Waals surface area contributed by atoms with Crippen LogP contribution < -0.4 is 10.1 Å². The molecule has 1 unspecified atom stereocenters. The van der Waals surface area contributed by atoms with Gasteiger partial charge in [0.2, 0.25) is 0 Å². The van der Waals surface area contributed by atoms with Gasteiger partial charge in [0.05, 0.1) is 12.8 Å². The third-order valence-electron chi connectivity index (χ3n) is 3.30. The molecular formula is C16H16ClF2NO. The van der Waals surface area contributed by atoms with Crippen LogP contribution in [-0.4, -0.2) is 7.11 Å². The highest BCUT2D eigenvalue weighted by Gasteiger charge is 2.13. The first-order valence-corrected chi connectivity index (χ1v) is 6.85. The summed E-state index contributed by atoms with van der Waals surface area (Å²) in [6, 6.07) is 7.21. The van der Waals surface area contributed by atoms with Crippen LogP contribution >= 0.6 is 11.6 Å². The van der Waals surface area contributed by atoms with Crippen LogP contribution in [0.25, 0.3) is 0 Å². The van der Waals surface area contributed by atoms with Crippen LogP contribution in [0.2, 0.25) is 5.02 Å². The Morgan fingerprint density at radius 3 is 2.48 bits per heavy atom. The van der Waals surface area contributed by atoms with Gasteiger partial charge >= 0.3 is 0 Å². The van der Waals surface area contributed by atoms with Crippen LogP contribution in [0, 0.1) is 18.6 Å². The molecule has 0 fully saturated rings. The van der Waals surface area contributed by atoms with Gasteiger partial charge in [-0.2, -0.15) is 0 Å². The van der Waals surface area contributed by atoms with E-state index < -0.39 is 11.6 Å². The Balaban J connectivity index is 2.28. The Kier molecular flexibility index (Phi) is 4.68. The van der Waals surface area contributed by atoms with Gasteiger partial charge in [-0.1, -0.05) is 17.7 Å². The average Bonchev–Trinajstić information content (AvgIpc) is 2.45. The zero-order valence-corrected chi connectivity index (χ0v) is 12.8. The standard InChI is InChI=1S/C16H16ClF2NO/c1-9-6-15(16(21-3)8-12(9)17)20-10(2)11-4-5-13(18)14(19)7-11/h4-8,10,20H,1-3H3. The maximum absolute atomic E-state index is 13.3. The molecule has 0 aliphatic heterocycles. The van der Waals surface area contributed by atoms with Crippen molar-refractivity contribution in [3.05, 3.63) is 58.1 Å². The smallest absolute Gasteiger partial charge is 0.159 e. The maximum Gasteiger partial charge on any atom is 0.159 e. The molecular weight excluding hydrogens is 296 g/mol. The van der Waals surface area contributed by atoms with Crippen molar-refractivity contribution >= 4 is 17.3 Å². The maximum atomic E-state index is 13.3. The van der Waals surface area contributed by atoms with Crippen molar-refractivity contribution in [3.8, 4) is 5.75 Å². The van der Waals surface area contributed by atoms with E-state index in [1.165, 1.54) is 6.07 Å². The third-order valence-corrected chi connectivity index (χ3v) is 3.70. The van der Waals surface area contributed by atoms with E-state index >= 15 is 0 Å². The molecule has 0 saturated carbocycles. The number of anilines is 1. The molecule has 112 valence electrons. The fourth-order valence-corrected chi connectivity index (χ4v) is 2.20. The molecule has 0 saturated heterocycles. The largest absolute Gasteiger partial charge is 0.495 e. The van der Waals surface area contributed by atoms with Gasteiger partial charge in [0.15, 0.2) is 11.6 Å². The lowest BCUT2D eigenvalue weighted by atomic mass is 10.1. The zero-order chi connectivity index (χ0) is 15.6. The second kappa shape index (κ2) is 6.31. The van der Waals surface area contributed by atoms with Gasteiger partial charge in [-0.15, -0.1) is 0 Å². The number of benzene rings is 2. The van der Waals surface area contributed by atoms with Gasteiger partial charge in [-0.3, -0.25) is 0 Å². The summed E-state index contributed by atoms with van der Waals surface area (Å²) in [5, 5.41) is 3.83. The van der Waals surface area contributed by atoms with Crippen molar-refractivity contribution < 1.29 is 13.5 Å². The number of rotatable bonds is 4. The topological polar surface area (TPSA) is 21.3 Å². The highest BCUT2D eigenvalue weighted by Crippen LogP contribution is 2.33. The van der Waals surface area contributed by atoms with Crippen LogP contribution in [0.1, 0.15) is 24.1 Å². The Morgan fingerprint density at radius 1 is 1.14 bits per heavy atom. The first kappa shape index (κ1) is 15.6. The number of methoxy groups -OCH3 is 1. The Morgan fingerprint density at radius 2 is 1.86 bits per heavy atom. The van der Waals surface area contributed by atoms with Crippen molar-refractivity contribution in [3.63, 3.8) is 0 Å².